The van der Waals surface area contributed by atoms with Crippen LogP contribution in [0.1, 0.15) is 25.8 Å². The second kappa shape index (κ2) is 4.84. The molecule has 1 saturated heterocycles. The molecule has 2 rings (SSSR count). The van der Waals surface area contributed by atoms with Gasteiger partial charge in [0.05, 0.1) is 23.8 Å². The average Bonchev–Trinajstić information content (AvgIpc) is 2.72. The smallest absolute Gasteiger partial charge is 0.138 e. The summed E-state index contributed by atoms with van der Waals surface area (Å²) < 4.78 is 11.0. The molecule has 4 heteroatoms. The van der Waals surface area contributed by atoms with Crippen LogP contribution < -0.4 is 4.74 Å². The fourth-order valence-corrected chi connectivity index (χ4v) is 1.99. The van der Waals surface area contributed by atoms with Gasteiger partial charge in [-0.1, -0.05) is 17.7 Å². The van der Waals surface area contributed by atoms with Crippen LogP contribution in [0.5, 0.6) is 5.75 Å². The minimum absolute atomic E-state index is 0.0838. The zero-order valence-corrected chi connectivity index (χ0v) is 10.8. The fourth-order valence-electron chi connectivity index (χ4n) is 1.76. The zero-order valence-electron chi connectivity index (χ0n) is 10.1. The van der Waals surface area contributed by atoms with Crippen molar-refractivity contribution in [1.29, 1.82) is 0 Å². The highest BCUT2D eigenvalue weighted by Gasteiger charge is 2.20. The molecule has 1 aliphatic rings. The first kappa shape index (κ1) is 12.7. The van der Waals surface area contributed by atoms with Crippen LogP contribution in [0.4, 0.5) is 0 Å². The lowest BCUT2D eigenvalue weighted by atomic mass is 9.98. The van der Waals surface area contributed by atoms with Gasteiger partial charge in [0.1, 0.15) is 11.9 Å². The predicted molar refractivity (Wildman–Crippen MR) is 66.5 cm³/mol. The van der Waals surface area contributed by atoms with E-state index < -0.39 is 5.60 Å². The molecule has 1 heterocycles. The molecule has 1 aromatic rings. The molecule has 1 unspecified atom stereocenters. The summed E-state index contributed by atoms with van der Waals surface area (Å²) in [5.41, 5.74) is -0.115. The van der Waals surface area contributed by atoms with Gasteiger partial charge in [-0.3, -0.25) is 0 Å². The number of ether oxygens (including phenoxy) is 2. The highest BCUT2D eigenvalue weighted by Crippen LogP contribution is 2.31. The second-order valence-corrected chi connectivity index (χ2v) is 5.21. The molecule has 0 bridgehead atoms. The Bertz CT molecular complexity index is 392. The SMILES string of the molecule is CC(C)(O)c1ccc(OC2CCOC2)c(Cl)c1. The summed E-state index contributed by atoms with van der Waals surface area (Å²) in [6.45, 7) is 4.81. The Morgan fingerprint density at radius 1 is 1.47 bits per heavy atom. The largest absolute Gasteiger partial charge is 0.486 e. The highest BCUT2D eigenvalue weighted by molar-refractivity contribution is 6.32. The van der Waals surface area contributed by atoms with Crippen molar-refractivity contribution in [2.24, 2.45) is 0 Å². The van der Waals surface area contributed by atoms with Gasteiger partial charge in [-0.2, -0.15) is 0 Å². The summed E-state index contributed by atoms with van der Waals surface area (Å²) in [5.74, 6) is 0.648. The first-order chi connectivity index (χ1) is 7.97. The third-order valence-corrected chi connectivity index (χ3v) is 3.12. The van der Waals surface area contributed by atoms with Crippen molar-refractivity contribution in [3.63, 3.8) is 0 Å². The van der Waals surface area contributed by atoms with E-state index >= 15 is 0 Å². The molecule has 1 aromatic carbocycles. The van der Waals surface area contributed by atoms with Crippen molar-refractivity contribution in [1.82, 2.24) is 0 Å². The van der Waals surface area contributed by atoms with E-state index in [0.717, 1.165) is 18.6 Å². The summed E-state index contributed by atoms with van der Waals surface area (Å²) in [6.07, 6.45) is 0.976. The molecule has 1 fully saturated rings. The van der Waals surface area contributed by atoms with Crippen LogP contribution in [0.2, 0.25) is 5.02 Å². The Kier molecular flexibility index (Phi) is 3.61. The average molecular weight is 257 g/mol. The summed E-state index contributed by atoms with van der Waals surface area (Å²) >= 11 is 6.14. The quantitative estimate of drug-likeness (QED) is 0.904. The minimum Gasteiger partial charge on any atom is -0.486 e. The molecule has 94 valence electrons. The summed E-state index contributed by atoms with van der Waals surface area (Å²) in [5, 5.41) is 10.4. The third-order valence-electron chi connectivity index (χ3n) is 2.82. The standard InChI is InChI=1S/C13H17ClO3/c1-13(2,15)9-3-4-12(11(14)7-9)17-10-5-6-16-8-10/h3-4,7,10,15H,5-6,8H2,1-2H3. The minimum atomic E-state index is -0.890. The van der Waals surface area contributed by atoms with E-state index in [4.69, 9.17) is 21.1 Å². The monoisotopic (exact) mass is 256 g/mol. The molecule has 0 aromatic heterocycles. The molecule has 0 spiro atoms. The van der Waals surface area contributed by atoms with Crippen LogP contribution in [-0.4, -0.2) is 24.4 Å². The van der Waals surface area contributed by atoms with Gasteiger partial charge < -0.3 is 14.6 Å². The van der Waals surface area contributed by atoms with E-state index in [1.807, 2.05) is 6.07 Å². The van der Waals surface area contributed by atoms with Gasteiger partial charge in [0.2, 0.25) is 0 Å². The van der Waals surface area contributed by atoms with E-state index in [1.54, 1.807) is 26.0 Å². The second-order valence-electron chi connectivity index (χ2n) is 4.81. The number of hydrogen-bond acceptors (Lipinski definition) is 3. The Balaban J connectivity index is 2.14. The van der Waals surface area contributed by atoms with E-state index in [-0.39, 0.29) is 6.10 Å². The van der Waals surface area contributed by atoms with Gasteiger partial charge in [0, 0.05) is 6.42 Å². The molecule has 0 amide bonds. The van der Waals surface area contributed by atoms with Gasteiger partial charge in [0.15, 0.2) is 0 Å². The normalized spacial score (nSPS) is 20.6. The van der Waals surface area contributed by atoms with Crippen molar-refractivity contribution in [3.05, 3.63) is 28.8 Å². The molecule has 0 saturated carbocycles. The molecule has 0 radical (unpaired) electrons. The Morgan fingerprint density at radius 2 is 2.24 bits per heavy atom. The lowest BCUT2D eigenvalue weighted by Crippen LogP contribution is -2.17. The third kappa shape index (κ3) is 3.12. The van der Waals surface area contributed by atoms with Crippen LogP contribution in [-0.2, 0) is 10.3 Å². The van der Waals surface area contributed by atoms with E-state index in [9.17, 15) is 5.11 Å². The van der Waals surface area contributed by atoms with Crippen molar-refractivity contribution >= 4 is 11.6 Å². The summed E-state index contributed by atoms with van der Waals surface area (Å²) in [7, 11) is 0. The van der Waals surface area contributed by atoms with Gasteiger partial charge >= 0.3 is 0 Å². The van der Waals surface area contributed by atoms with Crippen LogP contribution in [0.3, 0.4) is 0 Å². The Hall–Kier alpha value is -0.770. The first-order valence-electron chi connectivity index (χ1n) is 5.73. The zero-order chi connectivity index (χ0) is 12.5. The van der Waals surface area contributed by atoms with E-state index in [0.29, 0.717) is 17.4 Å². The molecule has 0 aliphatic carbocycles. The molecular formula is C13H17ClO3. The van der Waals surface area contributed by atoms with Gasteiger partial charge in [-0.25, -0.2) is 0 Å². The number of aliphatic hydroxyl groups is 1. The van der Waals surface area contributed by atoms with Crippen LogP contribution >= 0.6 is 11.6 Å². The molecule has 3 nitrogen and oxygen atoms in total. The number of benzene rings is 1. The van der Waals surface area contributed by atoms with Gasteiger partial charge in [-0.05, 0) is 31.5 Å². The molecule has 1 atom stereocenters. The molecular weight excluding hydrogens is 240 g/mol. The maximum Gasteiger partial charge on any atom is 0.138 e. The molecule has 17 heavy (non-hydrogen) atoms. The molecule has 1 N–H and O–H groups in total. The fraction of sp³-hybridized carbons (Fsp3) is 0.538. The Morgan fingerprint density at radius 3 is 2.76 bits per heavy atom. The highest BCUT2D eigenvalue weighted by atomic mass is 35.5. The van der Waals surface area contributed by atoms with Crippen molar-refractivity contribution in [3.8, 4) is 5.75 Å². The van der Waals surface area contributed by atoms with Crippen LogP contribution in [0.15, 0.2) is 18.2 Å². The number of halogens is 1. The first-order valence-corrected chi connectivity index (χ1v) is 6.11. The topological polar surface area (TPSA) is 38.7 Å². The lowest BCUT2D eigenvalue weighted by molar-refractivity contribution is 0.0784. The lowest BCUT2D eigenvalue weighted by Gasteiger charge is -2.20. The van der Waals surface area contributed by atoms with E-state index in [2.05, 4.69) is 0 Å². The van der Waals surface area contributed by atoms with Crippen molar-refractivity contribution in [2.75, 3.05) is 13.2 Å². The summed E-state index contributed by atoms with van der Waals surface area (Å²) in [4.78, 5) is 0. The maximum atomic E-state index is 9.87. The van der Waals surface area contributed by atoms with Crippen LogP contribution in [0, 0.1) is 0 Å². The van der Waals surface area contributed by atoms with Gasteiger partial charge in [0.25, 0.3) is 0 Å². The number of rotatable bonds is 3. The number of hydrogen-bond donors (Lipinski definition) is 1. The maximum absolute atomic E-state index is 9.87. The van der Waals surface area contributed by atoms with E-state index in [1.165, 1.54) is 0 Å². The van der Waals surface area contributed by atoms with Gasteiger partial charge in [-0.15, -0.1) is 0 Å². The molecule has 1 aliphatic heterocycles. The van der Waals surface area contributed by atoms with Crippen LogP contribution in [0.25, 0.3) is 0 Å². The van der Waals surface area contributed by atoms with Crippen molar-refractivity contribution in [2.45, 2.75) is 32.0 Å². The van der Waals surface area contributed by atoms with Crippen molar-refractivity contribution < 1.29 is 14.6 Å². The summed E-state index contributed by atoms with van der Waals surface area (Å²) in [6, 6.07) is 5.37. The Labute approximate surface area is 106 Å². The predicted octanol–water partition coefficient (Wildman–Crippen LogP) is 2.74.